The van der Waals surface area contributed by atoms with Gasteiger partial charge in [0.05, 0.1) is 16.8 Å². The summed E-state index contributed by atoms with van der Waals surface area (Å²) in [5.74, 6) is 0.829. The molecule has 0 N–H and O–H groups in total. The van der Waals surface area contributed by atoms with Gasteiger partial charge in [-0.2, -0.15) is 0 Å². The van der Waals surface area contributed by atoms with Gasteiger partial charge >= 0.3 is 5.97 Å². The number of amides is 1. The Balaban J connectivity index is 1.31. The molecule has 0 atom stereocenters. The summed E-state index contributed by atoms with van der Waals surface area (Å²) in [7, 11) is 0. The fourth-order valence-corrected chi connectivity index (χ4v) is 5.26. The van der Waals surface area contributed by atoms with Crippen LogP contribution in [-0.2, 0) is 16.1 Å². The third-order valence-electron chi connectivity index (χ3n) is 7.21. The number of aryl methyl sites for hydroxylation is 2. The van der Waals surface area contributed by atoms with Crippen LogP contribution >= 0.6 is 0 Å². The maximum atomic E-state index is 13.2. The lowest BCUT2D eigenvalue weighted by Gasteiger charge is -2.41. The van der Waals surface area contributed by atoms with Crippen LogP contribution in [0.1, 0.15) is 91.6 Å². The monoisotopic (exact) mass is 468 g/mol. The predicted molar refractivity (Wildman–Crippen MR) is 128 cm³/mol. The van der Waals surface area contributed by atoms with E-state index in [2.05, 4.69) is 10.1 Å². The number of carbonyl (C=O) groups is 2. The van der Waals surface area contributed by atoms with Crippen molar-refractivity contribution in [2.45, 2.75) is 96.7 Å². The summed E-state index contributed by atoms with van der Waals surface area (Å²) in [6, 6.07) is 7.36. The van der Waals surface area contributed by atoms with Crippen LogP contribution in [0.3, 0.4) is 0 Å². The number of ether oxygens (including phenoxy) is 2. The van der Waals surface area contributed by atoms with E-state index in [1.807, 2.05) is 13.8 Å². The zero-order valence-corrected chi connectivity index (χ0v) is 20.4. The standard InChI is InChI=1S/C27H36N2O5/c1-19-25(20(2)34-28-19)17-32-24-15-13-21(14-16-24)27(31)33-18-26(30)29(22-9-5-3-6-10-22)23-11-7-4-8-12-23/h13-16,22-23H,3-12,17-18H2,1-2H3. The van der Waals surface area contributed by atoms with E-state index in [1.54, 1.807) is 24.3 Å². The molecule has 1 heterocycles. The van der Waals surface area contributed by atoms with Crippen molar-refractivity contribution in [1.29, 1.82) is 0 Å². The summed E-state index contributed by atoms with van der Waals surface area (Å²) < 4.78 is 16.4. The van der Waals surface area contributed by atoms with Crippen molar-refractivity contribution in [2.75, 3.05) is 6.61 Å². The van der Waals surface area contributed by atoms with E-state index in [4.69, 9.17) is 14.0 Å². The van der Waals surface area contributed by atoms with Crippen molar-refractivity contribution in [3.05, 3.63) is 46.8 Å². The van der Waals surface area contributed by atoms with Gasteiger partial charge in [-0.1, -0.05) is 43.7 Å². The molecule has 0 unspecified atom stereocenters. The van der Waals surface area contributed by atoms with Crippen LogP contribution in [0.4, 0.5) is 0 Å². The largest absolute Gasteiger partial charge is 0.489 e. The second-order valence-corrected chi connectivity index (χ2v) is 9.58. The van der Waals surface area contributed by atoms with E-state index >= 15 is 0 Å². The minimum Gasteiger partial charge on any atom is -0.489 e. The molecule has 2 aliphatic rings. The number of hydrogen-bond acceptors (Lipinski definition) is 6. The van der Waals surface area contributed by atoms with Gasteiger partial charge in [-0.05, 0) is 63.8 Å². The Morgan fingerprint density at radius 3 is 2.06 bits per heavy atom. The van der Waals surface area contributed by atoms with Gasteiger partial charge in [-0.15, -0.1) is 0 Å². The third-order valence-corrected chi connectivity index (χ3v) is 7.21. The maximum absolute atomic E-state index is 13.2. The van der Waals surface area contributed by atoms with Crippen LogP contribution in [0.25, 0.3) is 0 Å². The Kier molecular flexibility index (Phi) is 8.25. The quantitative estimate of drug-likeness (QED) is 0.475. The average molecular weight is 469 g/mol. The molecule has 0 aliphatic heterocycles. The molecular formula is C27H36N2O5. The van der Waals surface area contributed by atoms with E-state index in [-0.39, 0.29) is 24.6 Å². The lowest BCUT2D eigenvalue weighted by Crippen LogP contribution is -2.50. The Morgan fingerprint density at radius 1 is 0.941 bits per heavy atom. The van der Waals surface area contributed by atoms with Crippen LogP contribution in [0.15, 0.2) is 28.8 Å². The molecule has 0 saturated heterocycles. The summed E-state index contributed by atoms with van der Waals surface area (Å²) in [4.78, 5) is 27.9. The van der Waals surface area contributed by atoms with Crippen molar-refractivity contribution in [3.63, 3.8) is 0 Å². The van der Waals surface area contributed by atoms with E-state index in [1.165, 1.54) is 38.5 Å². The highest BCUT2D eigenvalue weighted by molar-refractivity contribution is 5.91. The van der Waals surface area contributed by atoms with Gasteiger partial charge < -0.3 is 18.9 Å². The summed E-state index contributed by atoms with van der Waals surface area (Å²) >= 11 is 0. The van der Waals surface area contributed by atoms with E-state index in [9.17, 15) is 9.59 Å². The minimum atomic E-state index is -0.488. The van der Waals surface area contributed by atoms with Crippen molar-refractivity contribution < 1.29 is 23.6 Å². The topological polar surface area (TPSA) is 81.9 Å². The number of aromatic nitrogens is 1. The summed E-state index contributed by atoms with van der Waals surface area (Å²) in [6.45, 7) is 3.87. The highest BCUT2D eigenvalue weighted by atomic mass is 16.5. The van der Waals surface area contributed by atoms with E-state index in [0.29, 0.717) is 17.9 Å². The molecule has 7 heteroatoms. The molecule has 2 aromatic rings. The molecular weight excluding hydrogens is 432 g/mol. The fourth-order valence-electron chi connectivity index (χ4n) is 5.26. The number of carbonyl (C=O) groups excluding carboxylic acids is 2. The summed E-state index contributed by atoms with van der Waals surface area (Å²) in [6.07, 6.45) is 11.4. The van der Waals surface area contributed by atoms with E-state index < -0.39 is 5.97 Å². The molecule has 7 nitrogen and oxygen atoms in total. The van der Waals surface area contributed by atoms with Gasteiger partial charge in [-0.3, -0.25) is 4.79 Å². The molecule has 2 saturated carbocycles. The first kappa shape index (κ1) is 24.3. The molecule has 4 rings (SSSR count). The van der Waals surface area contributed by atoms with Gasteiger partial charge in [0.15, 0.2) is 6.61 Å². The average Bonchev–Trinajstić information content (AvgIpc) is 3.20. The highest BCUT2D eigenvalue weighted by Gasteiger charge is 2.32. The Labute approximate surface area is 201 Å². The lowest BCUT2D eigenvalue weighted by atomic mass is 9.88. The predicted octanol–water partition coefficient (Wildman–Crippen LogP) is 5.52. The highest BCUT2D eigenvalue weighted by Crippen LogP contribution is 2.30. The van der Waals surface area contributed by atoms with Crippen molar-refractivity contribution in [3.8, 4) is 5.75 Å². The number of rotatable bonds is 8. The molecule has 0 bridgehead atoms. The van der Waals surface area contributed by atoms with Crippen LogP contribution in [0.5, 0.6) is 5.75 Å². The van der Waals surface area contributed by atoms with Crippen LogP contribution < -0.4 is 4.74 Å². The smallest absolute Gasteiger partial charge is 0.338 e. The van der Waals surface area contributed by atoms with Gasteiger partial charge in [0.25, 0.3) is 5.91 Å². The number of esters is 1. The Hall–Kier alpha value is -2.83. The van der Waals surface area contributed by atoms with Crippen LogP contribution in [-0.4, -0.2) is 40.6 Å². The number of nitrogens with zero attached hydrogens (tertiary/aromatic N) is 2. The first-order chi connectivity index (χ1) is 16.5. The van der Waals surface area contributed by atoms with Crippen LogP contribution in [0, 0.1) is 13.8 Å². The van der Waals surface area contributed by atoms with Crippen molar-refractivity contribution in [2.24, 2.45) is 0 Å². The molecule has 2 aliphatic carbocycles. The normalized spacial score (nSPS) is 17.4. The molecule has 1 aromatic carbocycles. The maximum Gasteiger partial charge on any atom is 0.338 e. The van der Waals surface area contributed by atoms with Gasteiger partial charge in [0.2, 0.25) is 0 Å². The third kappa shape index (κ3) is 5.99. The molecule has 0 radical (unpaired) electrons. The van der Waals surface area contributed by atoms with Gasteiger partial charge in [0, 0.05) is 12.1 Å². The SMILES string of the molecule is Cc1noc(C)c1COc1ccc(C(=O)OCC(=O)N(C2CCCCC2)C2CCCCC2)cc1. The van der Waals surface area contributed by atoms with E-state index in [0.717, 1.165) is 42.7 Å². The lowest BCUT2D eigenvalue weighted by molar-refractivity contribution is -0.141. The van der Waals surface area contributed by atoms with Crippen molar-refractivity contribution >= 4 is 11.9 Å². The molecule has 2 fully saturated rings. The number of benzene rings is 1. The van der Waals surface area contributed by atoms with Gasteiger partial charge in [0.1, 0.15) is 18.1 Å². The second kappa shape index (κ2) is 11.5. The molecule has 1 aromatic heterocycles. The van der Waals surface area contributed by atoms with Crippen molar-refractivity contribution in [1.82, 2.24) is 10.1 Å². The second-order valence-electron chi connectivity index (χ2n) is 9.58. The fraction of sp³-hybridized carbons (Fsp3) is 0.593. The first-order valence-corrected chi connectivity index (χ1v) is 12.7. The first-order valence-electron chi connectivity index (χ1n) is 12.7. The zero-order chi connectivity index (χ0) is 23.9. The Morgan fingerprint density at radius 2 is 1.53 bits per heavy atom. The molecule has 184 valence electrons. The summed E-state index contributed by atoms with van der Waals surface area (Å²) in [5, 5.41) is 3.92. The number of hydrogen-bond donors (Lipinski definition) is 0. The Bertz CT molecular complexity index is 918. The van der Waals surface area contributed by atoms with Gasteiger partial charge in [-0.25, -0.2) is 4.79 Å². The summed E-state index contributed by atoms with van der Waals surface area (Å²) in [5.41, 5.74) is 2.12. The zero-order valence-electron chi connectivity index (χ0n) is 20.4. The molecule has 1 amide bonds. The molecule has 0 spiro atoms. The molecule has 34 heavy (non-hydrogen) atoms. The van der Waals surface area contributed by atoms with Crippen LogP contribution in [0.2, 0.25) is 0 Å². The minimum absolute atomic E-state index is 0.0495.